The van der Waals surface area contributed by atoms with Gasteiger partial charge in [0.1, 0.15) is 0 Å². The minimum atomic E-state index is -0.787. The number of carbonyl (C=O) groups is 1. The van der Waals surface area contributed by atoms with Crippen LogP contribution >= 0.6 is 27.5 Å². The van der Waals surface area contributed by atoms with Crippen molar-refractivity contribution in [3.8, 4) is 0 Å². The van der Waals surface area contributed by atoms with Gasteiger partial charge in [0.15, 0.2) is 5.56 Å². The summed E-state index contributed by atoms with van der Waals surface area (Å²) in [5, 5.41) is 11.3. The molecule has 0 aliphatic carbocycles. The summed E-state index contributed by atoms with van der Waals surface area (Å²) >= 11 is 9.03. The summed E-state index contributed by atoms with van der Waals surface area (Å²) in [4.78, 5) is 21.8. The molecule has 0 aliphatic heterocycles. The normalized spacial score (nSPS) is 10.1. The minimum Gasteiger partial charge on any atom is -0.462 e. The van der Waals surface area contributed by atoms with Gasteiger partial charge in [-0.1, -0.05) is 27.5 Å². The molecule has 0 atom stereocenters. The highest BCUT2D eigenvalue weighted by Gasteiger charge is 2.25. The maximum atomic E-state index is 11.6. The fourth-order valence-corrected chi connectivity index (χ4v) is 1.91. The Morgan fingerprint density at radius 1 is 1.59 bits per heavy atom. The highest BCUT2D eigenvalue weighted by atomic mass is 79.9. The molecule has 0 saturated heterocycles. The van der Waals surface area contributed by atoms with Crippen LogP contribution in [0.5, 0.6) is 0 Å². The monoisotopic (exact) mass is 321 g/mol. The van der Waals surface area contributed by atoms with Crippen molar-refractivity contribution in [2.24, 2.45) is 0 Å². The second-order valence-corrected chi connectivity index (χ2v) is 4.05. The predicted octanol–water partition coefficient (Wildman–Crippen LogP) is 3.32. The Morgan fingerprint density at radius 2 is 2.24 bits per heavy atom. The topological polar surface area (TPSA) is 69.4 Å². The zero-order valence-electron chi connectivity index (χ0n) is 8.91. The molecule has 0 N–H and O–H groups in total. The molecule has 7 heteroatoms. The smallest absolute Gasteiger partial charge is 0.346 e. The Hall–Kier alpha value is -1.14. The van der Waals surface area contributed by atoms with Gasteiger partial charge in [-0.25, -0.2) is 4.79 Å². The van der Waals surface area contributed by atoms with Crippen molar-refractivity contribution >= 4 is 39.2 Å². The fraction of sp³-hybridized carbons (Fsp3) is 0.300. The van der Waals surface area contributed by atoms with Crippen molar-refractivity contribution in [1.29, 1.82) is 0 Å². The average Bonchev–Trinajstić information content (AvgIpc) is 2.27. The fourth-order valence-electron chi connectivity index (χ4n) is 1.27. The lowest BCUT2D eigenvalue weighted by Crippen LogP contribution is -2.09. The molecule has 0 radical (unpaired) electrons. The van der Waals surface area contributed by atoms with Gasteiger partial charge in [0.2, 0.25) is 0 Å². The first-order valence-electron chi connectivity index (χ1n) is 4.71. The van der Waals surface area contributed by atoms with Gasteiger partial charge < -0.3 is 4.74 Å². The van der Waals surface area contributed by atoms with Crippen LogP contribution in [0.15, 0.2) is 12.1 Å². The van der Waals surface area contributed by atoms with Crippen LogP contribution in [0, 0.1) is 10.1 Å². The molecule has 1 aromatic rings. The zero-order valence-corrected chi connectivity index (χ0v) is 11.2. The molecule has 5 nitrogen and oxygen atoms in total. The van der Waals surface area contributed by atoms with Gasteiger partial charge in [-0.2, -0.15) is 0 Å². The van der Waals surface area contributed by atoms with Crippen LogP contribution < -0.4 is 0 Å². The van der Waals surface area contributed by atoms with E-state index >= 15 is 0 Å². The highest BCUT2D eigenvalue weighted by molar-refractivity contribution is 9.08. The second-order valence-electron chi connectivity index (χ2n) is 3.08. The number of nitrogens with zero attached hydrogens (tertiary/aromatic N) is 1. The number of nitro groups is 1. The van der Waals surface area contributed by atoms with Gasteiger partial charge in [-0.15, -0.1) is 0 Å². The predicted molar refractivity (Wildman–Crippen MR) is 66.7 cm³/mol. The van der Waals surface area contributed by atoms with Crippen molar-refractivity contribution in [2.75, 3.05) is 6.61 Å². The Bertz CT molecular complexity index is 464. The van der Waals surface area contributed by atoms with Crippen LogP contribution in [0.3, 0.4) is 0 Å². The number of rotatable bonds is 4. The number of alkyl halides is 1. The Labute approximate surface area is 111 Å². The first kappa shape index (κ1) is 13.9. The maximum Gasteiger partial charge on any atom is 0.346 e. The van der Waals surface area contributed by atoms with Crippen molar-refractivity contribution < 1.29 is 14.5 Å². The number of esters is 1. The molecular weight excluding hydrogens is 313 g/mol. The standard InChI is InChI=1S/C10H9BrClNO4/c1-2-17-10(14)9-7(12)3-6(5-11)4-8(9)13(15)16/h3-4H,2,5H2,1H3. The molecule has 0 saturated carbocycles. The number of hydrogen-bond donors (Lipinski definition) is 0. The van der Waals surface area contributed by atoms with E-state index in [1.165, 1.54) is 12.1 Å². The molecule has 0 unspecified atom stereocenters. The first-order chi connectivity index (χ1) is 8.01. The quantitative estimate of drug-likeness (QED) is 0.369. The maximum absolute atomic E-state index is 11.6. The van der Waals surface area contributed by atoms with Crippen molar-refractivity contribution in [3.63, 3.8) is 0 Å². The molecule has 0 spiro atoms. The largest absolute Gasteiger partial charge is 0.462 e. The van der Waals surface area contributed by atoms with Gasteiger partial charge in [0, 0.05) is 11.4 Å². The summed E-state index contributed by atoms with van der Waals surface area (Å²) in [7, 11) is 0. The first-order valence-corrected chi connectivity index (χ1v) is 6.21. The Morgan fingerprint density at radius 3 is 2.71 bits per heavy atom. The van der Waals surface area contributed by atoms with Crippen LogP contribution in [0.1, 0.15) is 22.8 Å². The van der Waals surface area contributed by atoms with Gasteiger partial charge in [0.25, 0.3) is 5.69 Å². The third kappa shape index (κ3) is 3.17. The van der Waals surface area contributed by atoms with Crippen LogP contribution in [-0.4, -0.2) is 17.5 Å². The van der Waals surface area contributed by atoms with Gasteiger partial charge in [-0.3, -0.25) is 10.1 Å². The van der Waals surface area contributed by atoms with E-state index in [9.17, 15) is 14.9 Å². The number of benzene rings is 1. The summed E-state index contributed by atoms with van der Waals surface area (Å²) in [5.74, 6) is -0.787. The van der Waals surface area contributed by atoms with E-state index < -0.39 is 10.9 Å². The van der Waals surface area contributed by atoms with Crippen LogP contribution in [0.4, 0.5) is 5.69 Å². The van der Waals surface area contributed by atoms with E-state index in [1.807, 2.05) is 0 Å². The summed E-state index contributed by atoms with van der Waals surface area (Å²) in [6.07, 6.45) is 0. The molecule has 92 valence electrons. The van der Waals surface area contributed by atoms with E-state index in [1.54, 1.807) is 6.92 Å². The number of ether oxygens (including phenoxy) is 1. The second kappa shape index (κ2) is 5.97. The molecule has 0 amide bonds. The van der Waals surface area contributed by atoms with E-state index in [-0.39, 0.29) is 22.9 Å². The molecule has 17 heavy (non-hydrogen) atoms. The van der Waals surface area contributed by atoms with E-state index in [0.29, 0.717) is 10.9 Å². The van der Waals surface area contributed by atoms with Gasteiger partial charge in [0.05, 0.1) is 16.6 Å². The van der Waals surface area contributed by atoms with Crippen LogP contribution in [0.25, 0.3) is 0 Å². The van der Waals surface area contributed by atoms with E-state index in [0.717, 1.165) is 0 Å². The van der Waals surface area contributed by atoms with Crippen molar-refractivity contribution in [3.05, 3.63) is 38.4 Å². The van der Waals surface area contributed by atoms with Crippen LogP contribution in [-0.2, 0) is 10.1 Å². The van der Waals surface area contributed by atoms with Gasteiger partial charge in [-0.05, 0) is 18.6 Å². The third-order valence-corrected chi connectivity index (χ3v) is 2.91. The summed E-state index contributed by atoms with van der Waals surface area (Å²) in [5.41, 5.74) is 0.0726. The molecule has 0 fully saturated rings. The van der Waals surface area contributed by atoms with Gasteiger partial charge >= 0.3 is 5.97 Å². The minimum absolute atomic E-state index is 0.0205. The SMILES string of the molecule is CCOC(=O)c1c(Cl)cc(CBr)cc1[N+](=O)[O-]. The summed E-state index contributed by atoms with van der Waals surface area (Å²) in [6.45, 7) is 1.75. The molecule has 1 rings (SSSR count). The Balaban J connectivity index is 3.36. The number of carbonyl (C=O) groups excluding carboxylic acids is 1. The van der Waals surface area contributed by atoms with Crippen molar-refractivity contribution in [1.82, 2.24) is 0 Å². The third-order valence-electron chi connectivity index (χ3n) is 1.96. The summed E-state index contributed by atoms with van der Waals surface area (Å²) < 4.78 is 4.73. The molecule has 1 aromatic carbocycles. The zero-order chi connectivity index (χ0) is 13.0. The molecular formula is C10H9BrClNO4. The highest BCUT2D eigenvalue weighted by Crippen LogP contribution is 2.30. The number of halogens is 2. The number of nitro benzene ring substituents is 1. The Kier molecular flexibility index (Phi) is 4.89. The molecule has 0 aliphatic rings. The molecule has 0 bridgehead atoms. The molecule has 0 heterocycles. The lowest BCUT2D eigenvalue weighted by molar-refractivity contribution is -0.385. The lowest BCUT2D eigenvalue weighted by atomic mass is 10.1. The van der Waals surface area contributed by atoms with Crippen LogP contribution in [0.2, 0.25) is 5.02 Å². The average molecular weight is 323 g/mol. The summed E-state index contributed by atoms with van der Waals surface area (Å²) in [6, 6.07) is 2.79. The molecule has 0 aromatic heterocycles. The number of hydrogen-bond acceptors (Lipinski definition) is 4. The lowest BCUT2D eigenvalue weighted by Gasteiger charge is -2.06. The van der Waals surface area contributed by atoms with E-state index in [2.05, 4.69) is 15.9 Å². The van der Waals surface area contributed by atoms with Crippen molar-refractivity contribution in [2.45, 2.75) is 12.3 Å². The van der Waals surface area contributed by atoms with E-state index in [4.69, 9.17) is 16.3 Å².